The lowest BCUT2D eigenvalue weighted by Crippen LogP contribution is -2.49. The number of hydrogen-bond acceptors (Lipinski definition) is 6. The SMILES string of the molecule is COC(=O)c1cc(-c2ccnc(CC3CCCCC3)c2)nc(N2CCN[C@H](C)C2)c1. The van der Waals surface area contributed by atoms with Gasteiger partial charge in [-0.15, -0.1) is 0 Å². The molecule has 1 saturated heterocycles. The van der Waals surface area contributed by atoms with E-state index in [9.17, 15) is 4.79 Å². The highest BCUT2D eigenvalue weighted by atomic mass is 16.5. The molecular weight excluding hydrogens is 376 g/mol. The van der Waals surface area contributed by atoms with Gasteiger partial charge in [0.1, 0.15) is 5.82 Å². The Kier molecular flexibility index (Phi) is 6.62. The van der Waals surface area contributed by atoms with E-state index in [1.807, 2.05) is 24.4 Å². The topological polar surface area (TPSA) is 67.3 Å². The second-order valence-corrected chi connectivity index (χ2v) is 8.64. The number of aromatic nitrogens is 2. The Hall–Kier alpha value is -2.47. The summed E-state index contributed by atoms with van der Waals surface area (Å²) in [5, 5.41) is 3.45. The van der Waals surface area contributed by atoms with Crippen LogP contribution in [0, 0.1) is 5.92 Å². The second-order valence-electron chi connectivity index (χ2n) is 8.64. The number of piperazine rings is 1. The highest BCUT2D eigenvalue weighted by Gasteiger charge is 2.21. The molecule has 1 aliphatic heterocycles. The molecule has 1 aliphatic carbocycles. The molecule has 0 amide bonds. The molecule has 0 unspecified atom stereocenters. The third kappa shape index (κ3) is 4.98. The van der Waals surface area contributed by atoms with Crippen LogP contribution in [0.3, 0.4) is 0 Å². The Balaban J connectivity index is 1.64. The maximum absolute atomic E-state index is 12.3. The maximum atomic E-state index is 12.3. The summed E-state index contributed by atoms with van der Waals surface area (Å²) in [6.45, 7) is 4.80. The van der Waals surface area contributed by atoms with Gasteiger partial charge in [-0.25, -0.2) is 9.78 Å². The van der Waals surface area contributed by atoms with Crippen molar-refractivity contribution in [3.8, 4) is 11.3 Å². The quantitative estimate of drug-likeness (QED) is 0.758. The number of methoxy groups -OCH3 is 1. The van der Waals surface area contributed by atoms with Gasteiger partial charge in [0, 0.05) is 43.1 Å². The molecule has 1 N–H and O–H groups in total. The fraction of sp³-hybridized carbons (Fsp3) is 0.542. The normalized spacial score (nSPS) is 20.2. The third-order valence-corrected chi connectivity index (χ3v) is 6.26. The molecule has 1 atom stereocenters. The molecule has 2 aromatic rings. The van der Waals surface area contributed by atoms with Gasteiger partial charge in [0.05, 0.1) is 18.4 Å². The van der Waals surface area contributed by atoms with Crippen LogP contribution in [0.2, 0.25) is 0 Å². The van der Waals surface area contributed by atoms with Gasteiger partial charge in [0.15, 0.2) is 0 Å². The van der Waals surface area contributed by atoms with Crippen molar-refractivity contribution in [2.75, 3.05) is 31.6 Å². The molecule has 2 aromatic heterocycles. The Bertz CT molecular complexity index is 879. The molecule has 0 aromatic carbocycles. The highest BCUT2D eigenvalue weighted by Crippen LogP contribution is 2.29. The average molecular weight is 409 g/mol. The summed E-state index contributed by atoms with van der Waals surface area (Å²) >= 11 is 0. The number of esters is 1. The Morgan fingerprint density at radius 3 is 2.83 bits per heavy atom. The van der Waals surface area contributed by atoms with Gasteiger partial charge in [-0.2, -0.15) is 0 Å². The van der Waals surface area contributed by atoms with Gasteiger partial charge in [-0.1, -0.05) is 32.1 Å². The molecule has 0 bridgehead atoms. The van der Waals surface area contributed by atoms with E-state index in [0.717, 1.165) is 54.7 Å². The Morgan fingerprint density at radius 2 is 2.07 bits per heavy atom. The molecule has 6 nitrogen and oxygen atoms in total. The summed E-state index contributed by atoms with van der Waals surface area (Å²) in [6.07, 6.45) is 9.51. The third-order valence-electron chi connectivity index (χ3n) is 6.26. The van der Waals surface area contributed by atoms with Crippen LogP contribution in [-0.4, -0.2) is 48.7 Å². The van der Waals surface area contributed by atoms with E-state index < -0.39 is 0 Å². The van der Waals surface area contributed by atoms with Crippen molar-refractivity contribution in [1.29, 1.82) is 0 Å². The Labute approximate surface area is 179 Å². The fourth-order valence-electron chi connectivity index (χ4n) is 4.64. The highest BCUT2D eigenvalue weighted by molar-refractivity contribution is 5.91. The number of hydrogen-bond donors (Lipinski definition) is 1. The summed E-state index contributed by atoms with van der Waals surface area (Å²) in [6, 6.07) is 8.19. The minimum absolute atomic E-state index is 0.334. The average Bonchev–Trinajstić information content (AvgIpc) is 2.79. The number of carbonyl (C=O) groups excluding carboxylic acids is 1. The zero-order valence-electron chi connectivity index (χ0n) is 18.1. The first-order chi connectivity index (χ1) is 14.6. The number of carbonyl (C=O) groups is 1. The van der Waals surface area contributed by atoms with Crippen LogP contribution >= 0.6 is 0 Å². The predicted octanol–water partition coefficient (Wildman–Crippen LogP) is 3.85. The van der Waals surface area contributed by atoms with Crippen LogP contribution in [0.5, 0.6) is 0 Å². The smallest absolute Gasteiger partial charge is 0.338 e. The monoisotopic (exact) mass is 408 g/mol. The number of nitrogens with one attached hydrogen (secondary N) is 1. The number of pyridine rings is 2. The molecular formula is C24H32N4O2. The first-order valence-corrected chi connectivity index (χ1v) is 11.2. The van der Waals surface area contributed by atoms with Gasteiger partial charge >= 0.3 is 5.97 Å². The van der Waals surface area contributed by atoms with Crippen LogP contribution in [0.25, 0.3) is 11.3 Å². The largest absolute Gasteiger partial charge is 0.465 e. The van der Waals surface area contributed by atoms with Crippen molar-refractivity contribution >= 4 is 11.8 Å². The van der Waals surface area contributed by atoms with Crippen molar-refractivity contribution in [1.82, 2.24) is 15.3 Å². The lowest BCUT2D eigenvalue weighted by atomic mass is 9.86. The van der Waals surface area contributed by atoms with E-state index in [2.05, 4.69) is 28.2 Å². The van der Waals surface area contributed by atoms with Gasteiger partial charge in [-0.3, -0.25) is 4.98 Å². The summed E-state index contributed by atoms with van der Waals surface area (Å²) in [5.41, 5.74) is 3.45. The number of nitrogens with zero attached hydrogens (tertiary/aromatic N) is 3. The number of anilines is 1. The van der Waals surface area contributed by atoms with Gasteiger partial charge in [0.25, 0.3) is 0 Å². The summed E-state index contributed by atoms with van der Waals surface area (Å²) in [5.74, 6) is 1.22. The number of ether oxygens (including phenoxy) is 1. The van der Waals surface area contributed by atoms with Crippen LogP contribution < -0.4 is 10.2 Å². The zero-order chi connectivity index (χ0) is 20.9. The van der Waals surface area contributed by atoms with Gasteiger partial charge < -0.3 is 15.0 Å². The molecule has 0 radical (unpaired) electrons. The molecule has 0 spiro atoms. The maximum Gasteiger partial charge on any atom is 0.338 e. The molecule has 1 saturated carbocycles. The van der Waals surface area contributed by atoms with Crippen molar-refractivity contribution in [3.63, 3.8) is 0 Å². The summed E-state index contributed by atoms with van der Waals surface area (Å²) in [4.78, 5) is 24.1. The first kappa shape index (κ1) is 20.8. The molecule has 2 aliphatic rings. The van der Waals surface area contributed by atoms with Crippen LogP contribution in [0.4, 0.5) is 5.82 Å². The van der Waals surface area contributed by atoms with E-state index in [1.54, 1.807) is 0 Å². The molecule has 4 rings (SSSR count). The minimum atomic E-state index is -0.334. The molecule has 2 fully saturated rings. The lowest BCUT2D eigenvalue weighted by Gasteiger charge is -2.33. The lowest BCUT2D eigenvalue weighted by molar-refractivity contribution is 0.0600. The van der Waals surface area contributed by atoms with E-state index >= 15 is 0 Å². The van der Waals surface area contributed by atoms with E-state index in [1.165, 1.54) is 39.2 Å². The zero-order valence-corrected chi connectivity index (χ0v) is 18.1. The van der Waals surface area contributed by atoms with Crippen LogP contribution in [0.1, 0.15) is 55.1 Å². The van der Waals surface area contributed by atoms with E-state index in [-0.39, 0.29) is 5.97 Å². The van der Waals surface area contributed by atoms with E-state index in [4.69, 9.17) is 9.72 Å². The Morgan fingerprint density at radius 1 is 1.23 bits per heavy atom. The van der Waals surface area contributed by atoms with Crippen molar-refractivity contribution in [2.24, 2.45) is 5.92 Å². The second kappa shape index (κ2) is 9.56. The minimum Gasteiger partial charge on any atom is -0.465 e. The van der Waals surface area contributed by atoms with Crippen LogP contribution in [-0.2, 0) is 11.2 Å². The summed E-state index contributed by atoms with van der Waals surface area (Å²) in [7, 11) is 1.42. The summed E-state index contributed by atoms with van der Waals surface area (Å²) < 4.78 is 5.00. The molecule has 3 heterocycles. The van der Waals surface area contributed by atoms with Gasteiger partial charge in [0.2, 0.25) is 0 Å². The molecule has 6 heteroatoms. The van der Waals surface area contributed by atoms with Crippen molar-refractivity contribution in [3.05, 3.63) is 41.7 Å². The fourth-order valence-corrected chi connectivity index (χ4v) is 4.64. The number of rotatable bonds is 5. The van der Waals surface area contributed by atoms with Crippen molar-refractivity contribution < 1.29 is 9.53 Å². The first-order valence-electron chi connectivity index (χ1n) is 11.2. The standard InChI is InChI=1S/C24H32N4O2/c1-17-16-28(11-10-25-17)23-15-20(24(29)30-2)14-22(27-23)19-8-9-26-21(13-19)12-18-6-4-3-5-7-18/h8-9,13-15,17-18,25H,3-7,10-12,16H2,1-2H3/t17-/m1/s1. The van der Waals surface area contributed by atoms with Crippen molar-refractivity contribution in [2.45, 2.75) is 51.5 Å². The molecule has 160 valence electrons. The van der Waals surface area contributed by atoms with Gasteiger partial charge in [-0.05, 0) is 43.5 Å². The molecule has 30 heavy (non-hydrogen) atoms. The predicted molar refractivity (Wildman–Crippen MR) is 119 cm³/mol. The van der Waals surface area contributed by atoms with Crippen LogP contribution in [0.15, 0.2) is 30.5 Å². The van der Waals surface area contributed by atoms with E-state index in [0.29, 0.717) is 11.6 Å².